The van der Waals surface area contributed by atoms with E-state index in [0.29, 0.717) is 5.75 Å². The molecule has 4 heteroatoms. The predicted molar refractivity (Wildman–Crippen MR) is 80.2 cm³/mol. The first-order valence-corrected chi connectivity index (χ1v) is 7.25. The molecule has 2 rings (SSSR count). The average Bonchev–Trinajstić information content (AvgIpc) is 2.44. The number of aromatic hydroxyl groups is 1. The van der Waals surface area contributed by atoms with Crippen molar-refractivity contribution >= 4 is 11.6 Å². The number of phenols is 1. The topological polar surface area (TPSA) is 35.5 Å². The minimum absolute atomic E-state index is 0.193. The molecule has 1 aromatic rings. The quantitative estimate of drug-likeness (QED) is 0.875. The van der Waals surface area contributed by atoms with Gasteiger partial charge in [-0.05, 0) is 44.4 Å². The van der Waals surface area contributed by atoms with Gasteiger partial charge in [0, 0.05) is 42.8 Å². The van der Waals surface area contributed by atoms with Gasteiger partial charge in [0.1, 0.15) is 5.75 Å². The van der Waals surface area contributed by atoms with Gasteiger partial charge >= 0.3 is 0 Å². The maximum atomic E-state index is 10.5. The van der Waals surface area contributed by atoms with Crippen LogP contribution in [0.15, 0.2) is 0 Å². The molecule has 106 valence electrons. The Hall–Kier alpha value is -0.770. The Morgan fingerprint density at radius 2 is 1.68 bits per heavy atom. The third-order valence-electron chi connectivity index (χ3n) is 4.35. The van der Waals surface area contributed by atoms with Crippen molar-refractivity contribution in [2.45, 2.75) is 33.7 Å². The van der Waals surface area contributed by atoms with Crippen LogP contribution in [0.5, 0.6) is 5.75 Å². The fraction of sp³-hybridized carbons (Fsp3) is 0.600. The molecule has 0 bridgehead atoms. The first kappa shape index (κ1) is 14.6. The van der Waals surface area contributed by atoms with Crippen molar-refractivity contribution in [1.82, 2.24) is 10.2 Å². The van der Waals surface area contributed by atoms with E-state index >= 15 is 0 Å². The lowest BCUT2D eigenvalue weighted by Crippen LogP contribution is -2.44. The molecule has 1 heterocycles. The molecule has 1 aromatic carbocycles. The normalized spacial score (nSPS) is 18.6. The molecule has 0 aromatic heterocycles. The molecule has 19 heavy (non-hydrogen) atoms. The van der Waals surface area contributed by atoms with Crippen LogP contribution in [0.25, 0.3) is 0 Å². The zero-order valence-electron chi connectivity index (χ0n) is 12.2. The molecule has 0 aliphatic carbocycles. The van der Waals surface area contributed by atoms with Gasteiger partial charge in [-0.1, -0.05) is 11.6 Å². The van der Waals surface area contributed by atoms with Crippen LogP contribution in [0, 0.1) is 20.8 Å². The summed E-state index contributed by atoms with van der Waals surface area (Å²) in [6.07, 6.45) is 0. The molecule has 1 saturated heterocycles. The summed E-state index contributed by atoms with van der Waals surface area (Å²) in [6.45, 7) is 12.1. The van der Waals surface area contributed by atoms with Crippen molar-refractivity contribution in [2.75, 3.05) is 26.2 Å². The highest BCUT2D eigenvalue weighted by atomic mass is 35.5. The monoisotopic (exact) mass is 282 g/mol. The zero-order chi connectivity index (χ0) is 14.2. The Morgan fingerprint density at radius 3 is 2.26 bits per heavy atom. The van der Waals surface area contributed by atoms with E-state index in [2.05, 4.69) is 17.1 Å². The SMILES string of the molecule is Cc1c(C)c(Cl)c(C)c(C(C)N2CCNCC2)c1O. The number of hydrogen-bond donors (Lipinski definition) is 2. The first-order valence-electron chi connectivity index (χ1n) is 6.88. The van der Waals surface area contributed by atoms with E-state index in [1.54, 1.807) is 0 Å². The summed E-state index contributed by atoms with van der Waals surface area (Å²) in [5.41, 5.74) is 3.86. The van der Waals surface area contributed by atoms with Crippen LogP contribution < -0.4 is 5.32 Å². The van der Waals surface area contributed by atoms with Gasteiger partial charge < -0.3 is 10.4 Å². The number of nitrogens with one attached hydrogen (secondary N) is 1. The predicted octanol–water partition coefficient (Wildman–Crippen LogP) is 2.94. The van der Waals surface area contributed by atoms with Gasteiger partial charge in [-0.2, -0.15) is 0 Å². The van der Waals surface area contributed by atoms with Gasteiger partial charge in [0.25, 0.3) is 0 Å². The fourth-order valence-electron chi connectivity index (χ4n) is 2.88. The Labute approximate surface area is 120 Å². The van der Waals surface area contributed by atoms with Crippen molar-refractivity contribution in [3.8, 4) is 5.75 Å². The van der Waals surface area contributed by atoms with Crippen LogP contribution in [-0.4, -0.2) is 36.2 Å². The van der Waals surface area contributed by atoms with Gasteiger partial charge in [0.05, 0.1) is 0 Å². The molecule has 1 atom stereocenters. The molecule has 0 spiro atoms. The molecule has 1 unspecified atom stereocenters. The van der Waals surface area contributed by atoms with Crippen LogP contribution >= 0.6 is 11.6 Å². The number of halogens is 1. The zero-order valence-corrected chi connectivity index (χ0v) is 12.9. The number of phenolic OH excluding ortho intramolecular Hbond substituents is 1. The van der Waals surface area contributed by atoms with Crippen LogP contribution in [-0.2, 0) is 0 Å². The number of piperazine rings is 1. The van der Waals surface area contributed by atoms with Crippen LogP contribution in [0.2, 0.25) is 5.02 Å². The molecule has 1 aliphatic rings. The van der Waals surface area contributed by atoms with Crippen LogP contribution in [0.4, 0.5) is 0 Å². The highest BCUT2D eigenvalue weighted by Crippen LogP contribution is 2.40. The smallest absolute Gasteiger partial charge is 0.123 e. The highest BCUT2D eigenvalue weighted by molar-refractivity contribution is 6.32. The van der Waals surface area contributed by atoms with Gasteiger partial charge in [0.15, 0.2) is 0 Å². The Kier molecular flexibility index (Phi) is 4.39. The van der Waals surface area contributed by atoms with Crippen molar-refractivity contribution in [2.24, 2.45) is 0 Å². The van der Waals surface area contributed by atoms with E-state index < -0.39 is 0 Å². The average molecular weight is 283 g/mol. The van der Waals surface area contributed by atoms with Crippen molar-refractivity contribution in [3.63, 3.8) is 0 Å². The van der Waals surface area contributed by atoms with Crippen molar-refractivity contribution in [3.05, 3.63) is 27.3 Å². The number of nitrogens with zero attached hydrogens (tertiary/aromatic N) is 1. The second-order valence-corrected chi connectivity index (χ2v) is 5.79. The third kappa shape index (κ3) is 2.60. The van der Waals surface area contributed by atoms with E-state index in [4.69, 9.17) is 11.6 Å². The van der Waals surface area contributed by atoms with E-state index in [9.17, 15) is 5.11 Å². The largest absolute Gasteiger partial charge is 0.507 e. The number of rotatable bonds is 2. The van der Waals surface area contributed by atoms with Gasteiger partial charge in [0.2, 0.25) is 0 Å². The standard InChI is InChI=1S/C15H23ClN2O/c1-9-10(2)15(19)13(11(3)14(9)16)12(4)18-7-5-17-6-8-18/h12,17,19H,5-8H2,1-4H3. The maximum Gasteiger partial charge on any atom is 0.123 e. The maximum absolute atomic E-state index is 10.5. The molecule has 2 N–H and O–H groups in total. The number of hydrogen-bond acceptors (Lipinski definition) is 3. The van der Waals surface area contributed by atoms with Crippen LogP contribution in [0.1, 0.15) is 35.2 Å². The van der Waals surface area contributed by atoms with E-state index in [-0.39, 0.29) is 6.04 Å². The molecule has 0 radical (unpaired) electrons. The van der Waals surface area contributed by atoms with E-state index in [1.807, 2.05) is 20.8 Å². The fourth-order valence-corrected chi connectivity index (χ4v) is 3.13. The van der Waals surface area contributed by atoms with Gasteiger partial charge in [-0.3, -0.25) is 4.90 Å². The molecule has 0 saturated carbocycles. The second kappa shape index (κ2) is 5.70. The Balaban J connectivity index is 2.43. The summed E-state index contributed by atoms with van der Waals surface area (Å²) >= 11 is 6.40. The van der Waals surface area contributed by atoms with Crippen molar-refractivity contribution < 1.29 is 5.11 Å². The summed E-state index contributed by atoms with van der Waals surface area (Å²) in [7, 11) is 0. The lowest BCUT2D eigenvalue weighted by molar-refractivity contribution is 0.182. The minimum Gasteiger partial charge on any atom is -0.507 e. The summed E-state index contributed by atoms with van der Waals surface area (Å²) in [5, 5.41) is 14.6. The summed E-state index contributed by atoms with van der Waals surface area (Å²) in [4.78, 5) is 2.39. The van der Waals surface area contributed by atoms with Gasteiger partial charge in [-0.25, -0.2) is 0 Å². The Bertz CT molecular complexity index is 453. The second-order valence-electron chi connectivity index (χ2n) is 5.41. The Morgan fingerprint density at radius 1 is 1.11 bits per heavy atom. The van der Waals surface area contributed by atoms with E-state index in [1.165, 1.54) is 0 Å². The molecule has 1 aliphatic heterocycles. The lowest BCUT2D eigenvalue weighted by Gasteiger charge is -2.34. The summed E-state index contributed by atoms with van der Waals surface area (Å²) < 4.78 is 0. The molecular weight excluding hydrogens is 260 g/mol. The highest BCUT2D eigenvalue weighted by Gasteiger charge is 2.25. The number of benzene rings is 1. The molecule has 0 amide bonds. The van der Waals surface area contributed by atoms with Crippen LogP contribution in [0.3, 0.4) is 0 Å². The van der Waals surface area contributed by atoms with Crippen molar-refractivity contribution in [1.29, 1.82) is 0 Å². The summed E-state index contributed by atoms with van der Waals surface area (Å²) in [5.74, 6) is 0.408. The minimum atomic E-state index is 0.193. The molecular formula is C15H23ClN2O. The summed E-state index contributed by atoms with van der Waals surface area (Å²) in [6, 6.07) is 0.193. The first-order chi connectivity index (χ1) is 8.95. The lowest BCUT2D eigenvalue weighted by atomic mass is 9.93. The van der Waals surface area contributed by atoms with Gasteiger partial charge in [-0.15, -0.1) is 0 Å². The molecule has 1 fully saturated rings. The molecule has 3 nitrogen and oxygen atoms in total. The van der Waals surface area contributed by atoms with E-state index in [0.717, 1.165) is 53.5 Å². The third-order valence-corrected chi connectivity index (χ3v) is 4.92.